The Balaban J connectivity index is 2.33. The number of para-hydroxylation sites is 1. The van der Waals surface area contributed by atoms with Crippen LogP contribution in [0.15, 0.2) is 18.2 Å². The summed E-state index contributed by atoms with van der Waals surface area (Å²) in [5.41, 5.74) is 0.0508. The largest absolute Gasteiger partial charge is 0.490 e. The van der Waals surface area contributed by atoms with Gasteiger partial charge in [0, 0.05) is 25.7 Å². The van der Waals surface area contributed by atoms with E-state index in [2.05, 4.69) is 5.32 Å². The summed E-state index contributed by atoms with van der Waals surface area (Å²) in [6.45, 7) is 2.82. The summed E-state index contributed by atoms with van der Waals surface area (Å²) < 4.78 is 5.08. The fourth-order valence-electron chi connectivity index (χ4n) is 2.27. The van der Waals surface area contributed by atoms with Gasteiger partial charge in [0.2, 0.25) is 5.75 Å². The van der Waals surface area contributed by atoms with Gasteiger partial charge in [0.1, 0.15) is 0 Å². The Morgan fingerprint density at radius 3 is 2.90 bits per heavy atom. The van der Waals surface area contributed by atoms with Crippen LogP contribution in [0.4, 0.5) is 5.69 Å². The minimum Gasteiger partial charge on any atom is -0.490 e. The normalized spacial score (nSPS) is 15.6. The zero-order valence-electron chi connectivity index (χ0n) is 11.3. The second-order valence-corrected chi connectivity index (χ2v) is 4.51. The summed E-state index contributed by atoms with van der Waals surface area (Å²) in [5, 5.41) is 14.2. The number of hydrogen-bond donors (Lipinski definition) is 1. The summed E-state index contributed by atoms with van der Waals surface area (Å²) in [4.78, 5) is 24.6. The quantitative estimate of drug-likeness (QED) is 0.660. The monoisotopic (exact) mass is 279 g/mol. The van der Waals surface area contributed by atoms with E-state index >= 15 is 0 Å². The summed E-state index contributed by atoms with van der Waals surface area (Å²) >= 11 is 0. The first kappa shape index (κ1) is 14.3. The number of nitro benzene ring substituents is 1. The molecule has 108 valence electrons. The third kappa shape index (κ3) is 2.88. The first-order valence-corrected chi connectivity index (χ1v) is 6.46. The number of methoxy groups -OCH3 is 1. The molecule has 7 heteroatoms. The van der Waals surface area contributed by atoms with Gasteiger partial charge in [-0.1, -0.05) is 6.07 Å². The van der Waals surface area contributed by atoms with Crippen molar-refractivity contribution in [1.29, 1.82) is 0 Å². The topological polar surface area (TPSA) is 84.7 Å². The first-order chi connectivity index (χ1) is 9.65. The molecule has 1 aliphatic rings. The molecule has 0 aromatic heterocycles. The van der Waals surface area contributed by atoms with Crippen LogP contribution in [0.3, 0.4) is 0 Å². The summed E-state index contributed by atoms with van der Waals surface area (Å²) in [6.07, 6.45) is 0.864. The van der Waals surface area contributed by atoms with E-state index < -0.39 is 4.92 Å². The van der Waals surface area contributed by atoms with Crippen molar-refractivity contribution >= 4 is 11.6 Å². The molecule has 0 radical (unpaired) electrons. The smallest absolute Gasteiger partial charge is 0.311 e. The molecule has 1 N–H and O–H groups in total. The van der Waals surface area contributed by atoms with Crippen LogP contribution in [0.5, 0.6) is 5.75 Å². The molecule has 1 saturated heterocycles. The second kappa shape index (κ2) is 6.33. The molecule has 1 fully saturated rings. The van der Waals surface area contributed by atoms with Gasteiger partial charge < -0.3 is 15.0 Å². The fraction of sp³-hybridized carbons (Fsp3) is 0.462. The molecule has 7 nitrogen and oxygen atoms in total. The van der Waals surface area contributed by atoms with Crippen molar-refractivity contribution in [3.63, 3.8) is 0 Å². The van der Waals surface area contributed by atoms with Crippen LogP contribution in [0.2, 0.25) is 0 Å². The van der Waals surface area contributed by atoms with E-state index in [4.69, 9.17) is 4.74 Å². The molecule has 1 amide bonds. The number of amides is 1. The van der Waals surface area contributed by atoms with Crippen molar-refractivity contribution in [2.24, 2.45) is 0 Å². The Labute approximate surface area is 116 Å². The lowest BCUT2D eigenvalue weighted by Crippen LogP contribution is -2.34. The van der Waals surface area contributed by atoms with Gasteiger partial charge in [-0.2, -0.15) is 0 Å². The van der Waals surface area contributed by atoms with Crippen LogP contribution in [0.25, 0.3) is 0 Å². The van der Waals surface area contributed by atoms with Crippen molar-refractivity contribution in [1.82, 2.24) is 10.2 Å². The van der Waals surface area contributed by atoms with Crippen molar-refractivity contribution < 1.29 is 14.5 Å². The maximum absolute atomic E-state index is 12.5. The maximum atomic E-state index is 12.5. The Bertz CT molecular complexity index is 510. The Hall–Kier alpha value is -2.15. The highest BCUT2D eigenvalue weighted by Crippen LogP contribution is 2.31. The predicted octanol–water partition coefficient (Wildman–Crippen LogP) is 1.04. The Morgan fingerprint density at radius 1 is 1.40 bits per heavy atom. The molecule has 0 saturated carbocycles. The number of nitrogens with one attached hydrogen (secondary N) is 1. The fourth-order valence-corrected chi connectivity index (χ4v) is 2.27. The first-order valence-electron chi connectivity index (χ1n) is 6.46. The third-order valence-electron chi connectivity index (χ3n) is 3.25. The lowest BCUT2D eigenvalue weighted by atomic mass is 10.1. The number of hydrogen-bond acceptors (Lipinski definition) is 5. The maximum Gasteiger partial charge on any atom is 0.311 e. The van der Waals surface area contributed by atoms with Gasteiger partial charge in [0.15, 0.2) is 0 Å². The summed E-state index contributed by atoms with van der Waals surface area (Å²) in [6, 6.07) is 4.40. The lowest BCUT2D eigenvalue weighted by molar-refractivity contribution is -0.385. The zero-order valence-corrected chi connectivity index (χ0v) is 11.3. The van der Waals surface area contributed by atoms with E-state index in [1.165, 1.54) is 19.2 Å². The van der Waals surface area contributed by atoms with Gasteiger partial charge in [-0.05, 0) is 19.0 Å². The molecule has 0 spiro atoms. The predicted molar refractivity (Wildman–Crippen MR) is 73.0 cm³/mol. The number of carbonyl (C=O) groups excluding carboxylic acids is 1. The molecule has 0 aliphatic carbocycles. The highest BCUT2D eigenvalue weighted by atomic mass is 16.6. The molecule has 0 atom stereocenters. The van der Waals surface area contributed by atoms with Crippen molar-refractivity contribution in [2.75, 3.05) is 33.3 Å². The summed E-state index contributed by atoms with van der Waals surface area (Å²) in [7, 11) is 1.34. The Kier molecular flexibility index (Phi) is 4.52. The van der Waals surface area contributed by atoms with Crippen LogP contribution in [0.1, 0.15) is 16.8 Å². The molecule has 0 bridgehead atoms. The standard InChI is InChI=1S/C13H17N3O4/c1-20-12-10(4-2-5-11(12)16(18)19)13(17)15-8-3-6-14-7-9-15/h2,4-5,14H,3,6-9H2,1H3. The third-order valence-corrected chi connectivity index (χ3v) is 3.25. The van der Waals surface area contributed by atoms with E-state index in [0.29, 0.717) is 13.1 Å². The highest BCUT2D eigenvalue weighted by molar-refractivity contribution is 5.98. The minimum absolute atomic E-state index is 0.0275. The van der Waals surface area contributed by atoms with Crippen molar-refractivity contribution in [2.45, 2.75) is 6.42 Å². The van der Waals surface area contributed by atoms with Crippen molar-refractivity contribution in [3.05, 3.63) is 33.9 Å². The van der Waals surface area contributed by atoms with Gasteiger partial charge in [-0.25, -0.2) is 0 Å². The molecule has 1 aromatic carbocycles. The van der Waals surface area contributed by atoms with Crippen LogP contribution < -0.4 is 10.1 Å². The number of ether oxygens (including phenoxy) is 1. The minimum atomic E-state index is -0.542. The van der Waals surface area contributed by atoms with E-state index in [-0.39, 0.29) is 22.9 Å². The van der Waals surface area contributed by atoms with Gasteiger partial charge in [0.05, 0.1) is 17.6 Å². The zero-order chi connectivity index (χ0) is 14.5. The van der Waals surface area contributed by atoms with Crippen LogP contribution >= 0.6 is 0 Å². The molecule has 20 heavy (non-hydrogen) atoms. The van der Waals surface area contributed by atoms with E-state index in [9.17, 15) is 14.9 Å². The van der Waals surface area contributed by atoms with Crippen LogP contribution in [0, 0.1) is 10.1 Å². The van der Waals surface area contributed by atoms with Crippen molar-refractivity contribution in [3.8, 4) is 5.75 Å². The molecule has 2 rings (SSSR count). The average molecular weight is 279 g/mol. The second-order valence-electron chi connectivity index (χ2n) is 4.51. The number of rotatable bonds is 3. The van der Waals surface area contributed by atoms with E-state index in [1.54, 1.807) is 11.0 Å². The van der Waals surface area contributed by atoms with Gasteiger partial charge >= 0.3 is 5.69 Å². The number of benzene rings is 1. The van der Waals surface area contributed by atoms with Gasteiger partial charge in [0.25, 0.3) is 5.91 Å². The van der Waals surface area contributed by atoms with Gasteiger partial charge in [-0.3, -0.25) is 14.9 Å². The molecule has 1 heterocycles. The SMILES string of the molecule is COc1c(C(=O)N2CCCNCC2)cccc1[N+](=O)[O-]. The molecule has 0 unspecified atom stereocenters. The number of carbonyl (C=O) groups is 1. The molecular weight excluding hydrogens is 262 g/mol. The van der Waals surface area contributed by atoms with E-state index in [1.807, 2.05) is 0 Å². The van der Waals surface area contributed by atoms with E-state index in [0.717, 1.165) is 19.5 Å². The summed E-state index contributed by atoms with van der Waals surface area (Å²) in [5.74, 6) is -0.200. The lowest BCUT2D eigenvalue weighted by Gasteiger charge is -2.21. The van der Waals surface area contributed by atoms with Crippen LogP contribution in [-0.2, 0) is 0 Å². The molecule has 1 aromatic rings. The van der Waals surface area contributed by atoms with Crippen LogP contribution in [-0.4, -0.2) is 49.0 Å². The number of nitro groups is 1. The number of nitrogens with zero attached hydrogens (tertiary/aromatic N) is 2. The molecule has 1 aliphatic heterocycles. The van der Waals surface area contributed by atoms with Gasteiger partial charge in [-0.15, -0.1) is 0 Å². The highest BCUT2D eigenvalue weighted by Gasteiger charge is 2.26. The Morgan fingerprint density at radius 2 is 2.20 bits per heavy atom. The average Bonchev–Trinajstić information content (AvgIpc) is 2.74. The molecular formula is C13H17N3O4.